The summed E-state index contributed by atoms with van der Waals surface area (Å²) in [6.07, 6.45) is 0. The summed E-state index contributed by atoms with van der Waals surface area (Å²) in [5.74, 6) is 0. The zero-order chi connectivity index (χ0) is 91.6. The highest BCUT2D eigenvalue weighted by atomic mass is 35.5. The maximum atomic E-state index is 8.13. The van der Waals surface area contributed by atoms with Gasteiger partial charge < -0.3 is 19.6 Å². The molecule has 650 valence electrons. The van der Waals surface area contributed by atoms with E-state index in [2.05, 4.69) is 546 Å². The maximum Gasteiger partial charge on any atom is 0.246 e. The van der Waals surface area contributed by atoms with Gasteiger partial charge >= 0.3 is 0 Å². The molecule has 0 amide bonds. The van der Waals surface area contributed by atoms with Crippen molar-refractivity contribution in [2.75, 3.05) is 19.6 Å². The van der Waals surface area contributed by atoms with E-state index in [1.807, 2.05) is 0 Å². The second-order valence-corrected chi connectivity index (χ2v) is 50.0. The Morgan fingerprint density at radius 2 is 0.569 bits per heavy atom. The van der Waals surface area contributed by atoms with E-state index in [1.54, 1.807) is 0 Å². The normalized spacial score (nSPS) is 13.1. The second kappa shape index (κ2) is 35.1. The molecule has 0 atom stereocenters. The lowest BCUT2D eigenvalue weighted by Crippen LogP contribution is -2.87. The Balaban J connectivity index is 0.000000182. The van der Waals surface area contributed by atoms with E-state index in [-0.39, 0.29) is 39.2 Å². The second-order valence-electron chi connectivity index (χ2n) is 42.1. The molecule has 0 aliphatic carbocycles. The third kappa shape index (κ3) is 17.1. The number of fused-ring (bicyclic) bond motifs is 4. The van der Waals surface area contributed by atoms with Gasteiger partial charge in [-0.15, -0.1) is 0 Å². The van der Waals surface area contributed by atoms with E-state index in [0.29, 0.717) is 0 Å². The van der Waals surface area contributed by atoms with E-state index < -0.39 is 16.1 Å². The van der Waals surface area contributed by atoms with Crippen molar-refractivity contribution in [3.05, 3.63) is 438 Å². The zero-order valence-corrected chi connectivity index (χ0v) is 82.5. The fraction of sp³-hybridized carbons (Fsp3) is 0.213. The Hall–Kier alpha value is -12.5. The van der Waals surface area contributed by atoms with Crippen molar-refractivity contribution in [3.63, 3.8) is 0 Å². The Bertz CT molecular complexity index is 6430. The van der Waals surface area contributed by atoms with Crippen molar-refractivity contribution >= 4 is 161 Å². The Kier molecular flexibility index (Phi) is 24.1. The fourth-order valence-electron chi connectivity index (χ4n) is 19.9. The predicted molar refractivity (Wildman–Crippen MR) is 570 cm³/mol. The molecule has 2 aliphatic rings. The van der Waals surface area contributed by atoms with Gasteiger partial charge in [0.05, 0.1) is 10.7 Å². The summed E-state index contributed by atoms with van der Waals surface area (Å²) in [6, 6.07) is 146. The highest BCUT2D eigenvalue weighted by Crippen LogP contribution is 2.47. The Morgan fingerprint density at radius 1 is 0.269 bits per heavy atom. The van der Waals surface area contributed by atoms with Gasteiger partial charge in [0.15, 0.2) is 16.1 Å². The molecule has 18 rings (SSSR count). The summed E-state index contributed by atoms with van der Waals surface area (Å²) in [6.45, 7) is 45.6. The topological polar surface area (TPSA) is 13.0 Å². The van der Waals surface area contributed by atoms with Crippen LogP contribution in [0.3, 0.4) is 0 Å². The van der Waals surface area contributed by atoms with Crippen LogP contribution in [0.4, 0.5) is 68.2 Å². The first-order valence-corrected chi connectivity index (χ1v) is 50.8. The zero-order valence-electron chi connectivity index (χ0n) is 79.7. The minimum Gasteiger partial charge on any atom is -0.312 e. The number of halogens is 1. The lowest BCUT2D eigenvalue weighted by molar-refractivity contribution is 0.590. The SMILES string of the molecule is Cc1cc(N(c2ccc(N(c3ccc(C(C)(C)C)cc3)c3ccc(C(C)(C)C)cc3)cc2)c2ccc(C(C)(C)C)cc2)c(Cl)c([Si](c2ccccc2)(c2ccccc2)c2ccccc2)c1.Cc1cc2c3c(c1)[Si](c1ccccc1)(c1ccccc1)c1ccccc1B3c1cc(N(c3ccc(C(C)(C)C)cc3)c3ccc(C(C)(C)C)cc3)ccc1N2c1ccc(C(C)(C)C)cc1. The van der Waals surface area contributed by atoms with E-state index in [1.165, 1.54) is 109 Å². The number of nitrogens with zero attached hydrogens (tertiary/aromatic N) is 4. The largest absolute Gasteiger partial charge is 0.312 e. The molecule has 16 aromatic carbocycles. The Labute approximate surface area is 783 Å². The molecule has 0 unspecified atom stereocenters. The first-order valence-electron chi connectivity index (χ1n) is 46.4. The molecular weight excluding hydrogens is 1620 g/mol. The van der Waals surface area contributed by atoms with Gasteiger partial charge in [-0.05, 0) is 271 Å². The molecule has 0 spiro atoms. The minimum absolute atomic E-state index is 0.00500. The average Bonchev–Trinajstić information content (AvgIpc) is 0.674. The average molecular weight is 1750 g/mol. The molecule has 0 saturated heterocycles. The van der Waals surface area contributed by atoms with Gasteiger partial charge in [-0.3, -0.25) is 0 Å². The third-order valence-corrected chi connectivity index (χ3v) is 37.2. The van der Waals surface area contributed by atoms with Crippen LogP contribution in [0.25, 0.3) is 0 Å². The maximum absolute atomic E-state index is 8.13. The molecule has 8 heteroatoms. The van der Waals surface area contributed by atoms with Gasteiger partial charge in [0.1, 0.15) is 0 Å². The van der Waals surface area contributed by atoms with E-state index in [9.17, 15) is 0 Å². The summed E-state index contributed by atoms with van der Waals surface area (Å²) in [4.78, 5) is 9.77. The van der Waals surface area contributed by atoms with Crippen LogP contribution < -0.4 is 77.5 Å². The van der Waals surface area contributed by atoms with Gasteiger partial charge in [-0.25, -0.2) is 0 Å². The van der Waals surface area contributed by atoms with Gasteiger partial charge in [-0.2, -0.15) is 0 Å². The van der Waals surface area contributed by atoms with Crippen molar-refractivity contribution < 1.29 is 0 Å². The highest BCUT2D eigenvalue weighted by molar-refractivity contribution is 7.27. The van der Waals surface area contributed by atoms with Crippen molar-refractivity contribution in [3.8, 4) is 0 Å². The van der Waals surface area contributed by atoms with Gasteiger partial charge in [0, 0.05) is 62.6 Å². The molecule has 0 N–H and O–H groups in total. The van der Waals surface area contributed by atoms with Crippen molar-refractivity contribution in [2.24, 2.45) is 0 Å². The van der Waals surface area contributed by atoms with Crippen LogP contribution in [0.15, 0.2) is 388 Å². The molecule has 2 aliphatic heterocycles. The lowest BCUT2D eigenvalue weighted by Gasteiger charge is -2.47. The summed E-state index contributed by atoms with van der Waals surface area (Å²) < 4.78 is 0. The van der Waals surface area contributed by atoms with Gasteiger partial charge in [-0.1, -0.05) is 403 Å². The molecule has 16 aromatic rings. The minimum atomic E-state index is -2.99. The van der Waals surface area contributed by atoms with Crippen molar-refractivity contribution in [2.45, 2.75) is 171 Å². The number of anilines is 12. The molecule has 0 fully saturated rings. The molecule has 2 heterocycles. The van der Waals surface area contributed by atoms with Crippen LogP contribution >= 0.6 is 11.6 Å². The van der Waals surface area contributed by atoms with Crippen molar-refractivity contribution in [1.29, 1.82) is 0 Å². The molecule has 4 nitrogen and oxygen atoms in total. The number of rotatable bonds is 16. The standard InChI is InChI=1S/C61H61BN2Si.C61H63ClN2Si/c1-42-39-55-58-57(40-42)65(50-19-13-11-14-20-50,51-21-15-12-16-22-51)56-24-18-17-23-52(56)62(58)53-41-49(37-38-54(53)64(55)48-35-29-45(30-36-48)61(8,9)10)63(46-31-25-43(26-32-46)59(2,3)4)47-33-27-44(28-34-47)60(5,6)7;1-44-42-56(58(62)57(43-44)65(53-20-14-11-15-21-53,54-22-16-12-17-23-54)55-24-18-13-19-25-55)64(51-36-30-47(31-37-51)61(8,9)10)52-40-38-50(39-41-52)63(48-32-26-45(27-33-48)59(2,3)4)49-34-28-46(29-35-49)60(5,6)7/h11-41H,1-10H3;11-43H,1-10H3. The number of aryl methyl sites for hydroxylation is 2. The first-order chi connectivity index (χ1) is 62.0. The highest BCUT2D eigenvalue weighted by Gasteiger charge is 2.54. The number of hydrogen-bond acceptors (Lipinski definition) is 4. The molecule has 0 saturated carbocycles. The van der Waals surface area contributed by atoms with Gasteiger partial charge in [0.2, 0.25) is 6.71 Å². The molecule has 0 aromatic heterocycles. The Morgan fingerprint density at radius 3 is 0.931 bits per heavy atom. The molecule has 0 bridgehead atoms. The quantitative estimate of drug-likeness (QED) is 0.0706. The van der Waals surface area contributed by atoms with Gasteiger partial charge in [0.25, 0.3) is 0 Å². The summed E-state index contributed by atoms with van der Waals surface area (Å²) >= 11 is 8.13. The summed E-state index contributed by atoms with van der Waals surface area (Å²) in [5.41, 5.74) is 28.1. The van der Waals surface area contributed by atoms with Crippen LogP contribution in [0.1, 0.15) is 169 Å². The van der Waals surface area contributed by atoms with Crippen LogP contribution in [0.2, 0.25) is 5.02 Å². The van der Waals surface area contributed by atoms with Crippen LogP contribution in [-0.4, -0.2) is 22.9 Å². The lowest BCUT2D eigenvalue weighted by atomic mass is 9.34. The summed E-state index contributed by atoms with van der Waals surface area (Å²) in [5, 5.41) is 11.5. The smallest absolute Gasteiger partial charge is 0.246 e. The number of benzene rings is 16. The van der Waals surface area contributed by atoms with Crippen molar-refractivity contribution in [1.82, 2.24) is 0 Å². The van der Waals surface area contributed by atoms with Crippen LogP contribution in [-0.2, 0) is 32.5 Å². The molecular formula is C122H124BClN4Si2. The molecule has 0 radical (unpaired) electrons. The molecule has 130 heavy (non-hydrogen) atoms. The number of hydrogen-bond donors (Lipinski definition) is 0. The first kappa shape index (κ1) is 89.5. The summed E-state index contributed by atoms with van der Waals surface area (Å²) in [7, 11) is -5.85. The van der Waals surface area contributed by atoms with Crippen LogP contribution in [0, 0.1) is 13.8 Å². The van der Waals surface area contributed by atoms with E-state index in [0.717, 1.165) is 67.0 Å². The van der Waals surface area contributed by atoms with E-state index in [4.69, 9.17) is 11.6 Å². The monoisotopic (exact) mass is 1750 g/mol. The predicted octanol–water partition coefficient (Wildman–Crippen LogP) is 26.2. The van der Waals surface area contributed by atoms with Crippen LogP contribution in [0.5, 0.6) is 0 Å². The fourth-order valence-corrected chi connectivity index (χ4v) is 30.8. The van der Waals surface area contributed by atoms with E-state index >= 15 is 0 Å². The third-order valence-electron chi connectivity index (χ3n) is 26.9.